The Kier molecular flexibility index (Phi) is 1.70. The summed E-state index contributed by atoms with van der Waals surface area (Å²) in [5.74, 6) is 0. The van der Waals surface area contributed by atoms with Crippen LogP contribution in [0.15, 0.2) is 36.4 Å². The van der Waals surface area contributed by atoms with Gasteiger partial charge in [0.25, 0.3) is 0 Å². The molecule has 1 saturated carbocycles. The fraction of sp³-hybridized carbons (Fsp3) is 0.333. The van der Waals surface area contributed by atoms with Crippen LogP contribution in [0.4, 0.5) is 0 Å². The highest BCUT2D eigenvalue weighted by Gasteiger charge is 2.38. The van der Waals surface area contributed by atoms with E-state index in [1.54, 1.807) is 0 Å². The molecular weight excluding hydrogens is 180 g/mol. The lowest BCUT2D eigenvalue weighted by Gasteiger charge is -2.10. The molecule has 0 radical (unpaired) electrons. The van der Waals surface area contributed by atoms with E-state index >= 15 is 0 Å². The first-order valence-corrected chi connectivity index (χ1v) is 5.68. The van der Waals surface area contributed by atoms with Crippen LogP contribution in [0, 0.1) is 6.92 Å². The number of aryl methyl sites for hydroxylation is 1. The summed E-state index contributed by atoms with van der Waals surface area (Å²) in [6, 6.07) is 13.6. The summed E-state index contributed by atoms with van der Waals surface area (Å²) in [4.78, 5) is 0. The summed E-state index contributed by atoms with van der Waals surface area (Å²) in [6.07, 6.45) is 2.70. The van der Waals surface area contributed by atoms with Crippen LogP contribution in [0.2, 0.25) is 0 Å². The van der Waals surface area contributed by atoms with Gasteiger partial charge in [0.1, 0.15) is 0 Å². The van der Waals surface area contributed by atoms with Crippen LogP contribution in [0.3, 0.4) is 0 Å². The Hall–Kier alpha value is -1.30. The average molecular weight is 196 g/mol. The minimum absolute atomic E-state index is 0.484. The van der Waals surface area contributed by atoms with E-state index in [0.29, 0.717) is 5.41 Å². The van der Waals surface area contributed by atoms with Gasteiger partial charge in [-0.2, -0.15) is 0 Å². The maximum Gasteiger partial charge on any atom is -0.00744 e. The molecule has 2 aromatic rings. The molecule has 15 heavy (non-hydrogen) atoms. The number of hydrogen-bond donors (Lipinski definition) is 0. The summed E-state index contributed by atoms with van der Waals surface area (Å²) in [7, 11) is 0. The van der Waals surface area contributed by atoms with E-state index in [4.69, 9.17) is 0 Å². The topological polar surface area (TPSA) is 0 Å². The molecule has 0 bridgehead atoms. The van der Waals surface area contributed by atoms with Gasteiger partial charge < -0.3 is 0 Å². The summed E-state index contributed by atoms with van der Waals surface area (Å²) >= 11 is 0. The first-order chi connectivity index (χ1) is 7.17. The molecule has 0 amide bonds. The molecule has 0 heterocycles. The molecule has 0 aromatic heterocycles. The van der Waals surface area contributed by atoms with Gasteiger partial charge in [-0.1, -0.05) is 48.9 Å². The van der Waals surface area contributed by atoms with Gasteiger partial charge in [0, 0.05) is 0 Å². The lowest BCUT2D eigenvalue weighted by molar-refractivity contribution is 0.789. The lowest BCUT2D eigenvalue weighted by Crippen LogP contribution is -1.98. The molecule has 0 spiro atoms. The second kappa shape index (κ2) is 2.85. The van der Waals surface area contributed by atoms with E-state index in [1.165, 1.54) is 34.7 Å². The molecule has 0 atom stereocenters. The van der Waals surface area contributed by atoms with Gasteiger partial charge in [-0.05, 0) is 41.5 Å². The molecule has 1 aliphatic carbocycles. The van der Waals surface area contributed by atoms with E-state index in [0.717, 1.165) is 0 Å². The zero-order chi connectivity index (χ0) is 10.5. The van der Waals surface area contributed by atoms with Crippen LogP contribution < -0.4 is 0 Å². The highest BCUT2D eigenvalue weighted by molar-refractivity contribution is 5.84. The maximum absolute atomic E-state index is 2.37. The largest absolute Gasteiger partial charge is 0.0587 e. The van der Waals surface area contributed by atoms with E-state index in [-0.39, 0.29) is 0 Å². The molecular formula is C15H16. The van der Waals surface area contributed by atoms with E-state index < -0.39 is 0 Å². The zero-order valence-corrected chi connectivity index (χ0v) is 9.38. The van der Waals surface area contributed by atoms with Crippen molar-refractivity contribution in [2.24, 2.45) is 0 Å². The van der Waals surface area contributed by atoms with Crippen molar-refractivity contribution in [3.63, 3.8) is 0 Å². The molecule has 2 aromatic carbocycles. The van der Waals surface area contributed by atoms with Crippen LogP contribution in [-0.2, 0) is 5.41 Å². The van der Waals surface area contributed by atoms with Crippen LogP contribution in [0.5, 0.6) is 0 Å². The SMILES string of the molecule is Cc1ccc2ccc(C3(C)CC3)cc2c1. The summed E-state index contributed by atoms with van der Waals surface area (Å²) < 4.78 is 0. The van der Waals surface area contributed by atoms with Gasteiger partial charge in [0.05, 0.1) is 0 Å². The highest BCUT2D eigenvalue weighted by atomic mass is 14.4. The Morgan fingerprint density at radius 2 is 1.67 bits per heavy atom. The molecule has 1 aliphatic rings. The van der Waals surface area contributed by atoms with Crippen molar-refractivity contribution in [3.8, 4) is 0 Å². The standard InChI is InChI=1S/C15H16/c1-11-3-4-12-5-6-14(10-13(12)9-11)15(2)7-8-15/h3-6,9-10H,7-8H2,1-2H3. The molecule has 0 N–H and O–H groups in total. The predicted octanol–water partition coefficient (Wildman–Crippen LogP) is 4.20. The summed E-state index contributed by atoms with van der Waals surface area (Å²) in [5.41, 5.74) is 3.35. The minimum atomic E-state index is 0.484. The third-order valence-electron chi connectivity index (χ3n) is 3.69. The Bertz CT molecular complexity index is 519. The van der Waals surface area contributed by atoms with Crippen molar-refractivity contribution < 1.29 is 0 Å². The molecule has 76 valence electrons. The summed E-state index contributed by atoms with van der Waals surface area (Å²) in [6.45, 7) is 4.52. The van der Waals surface area contributed by atoms with Gasteiger partial charge >= 0.3 is 0 Å². The highest BCUT2D eigenvalue weighted by Crippen LogP contribution is 2.48. The van der Waals surface area contributed by atoms with Crippen LogP contribution in [0.25, 0.3) is 10.8 Å². The second-order valence-electron chi connectivity index (χ2n) is 5.13. The molecule has 3 rings (SSSR count). The van der Waals surface area contributed by atoms with Crippen LogP contribution in [0.1, 0.15) is 30.9 Å². The van der Waals surface area contributed by atoms with E-state index in [2.05, 4.69) is 50.2 Å². The second-order valence-corrected chi connectivity index (χ2v) is 5.13. The van der Waals surface area contributed by atoms with Gasteiger partial charge in [0.15, 0.2) is 0 Å². The Labute approximate surface area is 90.9 Å². The Morgan fingerprint density at radius 1 is 0.933 bits per heavy atom. The lowest BCUT2D eigenvalue weighted by atomic mass is 9.95. The smallest absolute Gasteiger partial charge is 0.00744 e. The van der Waals surface area contributed by atoms with Crippen molar-refractivity contribution in [2.75, 3.05) is 0 Å². The molecule has 0 nitrogen and oxygen atoms in total. The third-order valence-corrected chi connectivity index (χ3v) is 3.69. The molecule has 0 aliphatic heterocycles. The fourth-order valence-corrected chi connectivity index (χ4v) is 2.22. The van der Waals surface area contributed by atoms with Gasteiger partial charge in [-0.15, -0.1) is 0 Å². The number of hydrogen-bond acceptors (Lipinski definition) is 0. The van der Waals surface area contributed by atoms with E-state index in [1.807, 2.05) is 0 Å². The quantitative estimate of drug-likeness (QED) is 0.641. The van der Waals surface area contributed by atoms with Crippen LogP contribution in [-0.4, -0.2) is 0 Å². The van der Waals surface area contributed by atoms with Crippen molar-refractivity contribution in [2.45, 2.75) is 32.1 Å². The van der Waals surface area contributed by atoms with Gasteiger partial charge in [0.2, 0.25) is 0 Å². The fourth-order valence-electron chi connectivity index (χ4n) is 2.22. The molecule has 0 unspecified atom stereocenters. The Morgan fingerprint density at radius 3 is 2.40 bits per heavy atom. The van der Waals surface area contributed by atoms with Crippen molar-refractivity contribution in [1.29, 1.82) is 0 Å². The van der Waals surface area contributed by atoms with Crippen molar-refractivity contribution >= 4 is 10.8 Å². The van der Waals surface area contributed by atoms with Crippen molar-refractivity contribution in [3.05, 3.63) is 47.5 Å². The number of rotatable bonds is 1. The van der Waals surface area contributed by atoms with Crippen LogP contribution >= 0.6 is 0 Å². The third kappa shape index (κ3) is 1.45. The maximum atomic E-state index is 2.37. The monoisotopic (exact) mass is 196 g/mol. The first-order valence-electron chi connectivity index (χ1n) is 5.68. The average Bonchev–Trinajstić information content (AvgIpc) is 2.97. The van der Waals surface area contributed by atoms with Crippen molar-refractivity contribution in [1.82, 2.24) is 0 Å². The summed E-state index contributed by atoms with van der Waals surface area (Å²) in [5, 5.41) is 2.74. The minimum Gasteiger partial charge on any atom is -0.0587 e. The Balaban J connectivity index is 2.20. The molecule has 0 saturated heterocycles. The molecule has 0 heteroatoms. The van der Waals surface area contributed by atoms with Gasteiger partial charge in [-0.25, -0.2) is 0 Å². The van der Waals surface area contributed by atoms with Gasteiger partial charge in [-0.3, -0.25) is 0 Å². The number of benzene rings is 2. The first kappa shape index (κ1) is 8.96. The zero-order valence-electron chi connectivity index (χ0n) is 9.38. The molecule has 1 fully saturated rings. The normalized spacial score (nSPS) is 18.0. The van der Waals surface area contributed by atoms with E-state index in [9.17, 15) is 0 Å². The number of fused-ring (bicyclic) bond motifs is 1. The predicted molar refractivity (Wildman–Crippen MR) is 65.3 cm³/mol.